The molecule has 0 unspecified atom stereocenters. The van der Waals surface area contributed by atoms with Gasteiger partial charge in [-0.05, 0) is 38.0 Å². The van der Waals surface area contributed by atoms with Crippen LogP contribution in [0.2, 0.25) is 0 Å². The normalized spacial score (nSPS) is 10.7. The molecule has 0 atom stereocenters. The van der Waals surface area contributed by atoms with Crippen LogP contribution in [-0.2, 0) is 7.05 Å². The molecule has 2 N–H and O–H groups in total. The van der Waals surface area contributed by atoms with Gasteiger partial charge < -0.3 is 15.0 Å². The highest BCUT2D eigenvalue weighted by Gasteiger charge is 2.16. The maximum atomic E-state index is 5.86. The Hall–Kier alpha value is -1.97. The van der Waals surface area contributed by atoms with E-state index in [1.807, 2.05) is 25.5 Å². The molecule has 0 saturated carbocycles. The van der Waals surface area contributed by atoms with E-state index in [2.05, 4.69) is 24.0 Å². The summed E-state index contributed by atoms with van der Waals surface area (Å²) in [5, 5.41) is 0. The number of aryl methyl sites for hydroxylation is 2. The second-order valence-electron chi connectivity index (χ2n) is 4.63. The summed E-state index contributed by atoms with van der Waals surface area (Å²) in [6.07, 6.45) is 0. The summed E-state index contributed by atoms with van der Waals surface area (Å²) in [6.45, 7) is 6.12. The first kappa shape index (κ1) is 12.5. The van der Waals surface area contributed by atoms with E-state index < -0.39 is 0 Å². The fourth-order valence-electron chi connectivity index (χ4n) is 2.26. The van der Waals surface area contributed by atoms with Crippen LogP contribution in [0.4, 0.5) is 5.95 Å². The minimum Gasteiger partial charge on any atom is -0.496 e. The summed E-state index contributed by atoms with van der Waals surface area (Å²) in [4.78, 5) is 4.43. The first-order valence-corrected chi connectivity index (χ1v) is 5.90. The largest absolute Gasteiger partial charge is 0.496 e. The van der Waals surface area contributed by atoms with E-state index in [-0.39, 0.29) is 0 Å². The lowest BCUT2D eigenvalue weighted by Crippen LogP contribution is -1.98. The zero-order valence-electron chi connectivity index (χ0n) is 11.5. The molecule has 0 spiro atoms. The number of ether oxygens (including phenoxy) is 1. The van der Waals surface area contributed by atoms with Gasteiger partial charge in [0.15, 0.2) is 0 Å². The van der Waals surface area contributed by atoms with Crippen LogP contribution in [0.5, 0.6) is 5.75 Å². The van der Waals surface area contributed by atoms with Gasteiger partial charge in [-0.2, -0.15) is 0 Å². The van der Waals surface area contributed by atoms with Crippen molar-refractivity contribution >= 4 is 5.95 Å². The zero-order valence-corrected chi connectivity index (χ0v) is 11.5. The third-order valence-corrected chi connectivity index (χ3v) is 3.29. The Morgan fingerprint density at radius 3 is 2.39 bits per heavy atom. The van der Waals surface area contributed by atoms with Gasteiger partial charge in [-0.25, -0.2) is 4.98 Å². The Bertz CT molecular complexity index is 600. The van der Waals surface area contributed by atoms with Crippen molar-refractivity contribution in [2.75, 3.05) is 12.8 Å². The smallest absolute Gasteiger partial charge is 0.200 e. The van der Waals surface area contributed by atoms with Crippen molar-refractivity contribution in [3.05, 3.63) is 29.0 Å². The number of rotatable bonds is 2. The molecule has 0 fully saturated rings. The quantitative estimate of drug-likeness (QED) is 0.884. The third-order valence-electron chi connectivity index (χ3n) is 3.29. The lowest BCUT2D eigenvalue weighted by molar-refractivity contribution is 0.413. The molecule has 0 aliphatic carbocycles. The molecule has 0 aliphatic heterocycles. The molecule has 1 heterocycles. The highest BCUT2D eigenvalue weighted by molar-refractivity contribution is 5.73. The number of hydrogen-bond acceptors (Lipinski definition) is 3. The van der Waals surface area contributed by atoms with Gasteiger partial charge in [-0.15, -0.1) is 0 Å². The van der Waals surface area contributed by atoms with E-state index in [1.54, 1.807) is 7.11 Å². The third kappa shape index (κ3) is 1.83. The molecule has 18 heavy (non-hydrogen) atoms. The molecule has 1 aromatic carbocycles. The standard InChI is InChI=1S/C14H19N3O/c1-8-6-9(2)13(18-5)11(7-8)12-10(3)17(4)14(15)16-12/h6-7H,1-5H3,(H2,15,16). The minimum absolute atomic E-state index is 0.517. The number of nitrogens with zero attached hydrogens (tertiary/aromatic N) is 2. The van der Waals surface area contributed by atoms with Crippen molar-refractivity contribution in [1.29, 1.82) is 0 Å². The number of hydrogen-bond donors (Lipinski definition) is 1. The molecule has 0 aliphatic rings. The van der Waals surface area contributed by atoms with Crippen molar-refractivity contribution < 1.29 is 4.74 Å². The van der Waals surface area contributed by atoms with E-state index in [0.29, 0.717) is 5.95 Å². The first-order valence-electron chi connectivity index (χ1n) is 5.90. The summed E-state index contributed by atoms with van der Waals surface area (Å²) in [6, 6.07) is 4.19. The number of methoxy groups -OCH3 is 1. The second-order valence-corrected chi connectivity index (χ2v) is 4.63. The van der Waals surface area contributed by atoms with Crippen LogP contribution < -0.4 is 10.5 Å². The highest BCUT2D eigenvalue weighted by atomic mass is 16.5. The van der Waals surface area contributed by atoms with Gasteiger partial charge in [0.2, 0.25) is 5.95 Å². The van der Waals surface area contributed by atoms with Crippen LogP contribution in [0.15, 0.2) is 12.1 Å². The zero-order chi connectivity index (χ0) is 13.4. The van der Waals surface area contributed by atoms with Gasteiger partial charge in [0.1, 0.15) is 5.75 Å². The van der Waals surface area contributed by atoms with Crippen LogP contribution in [-0.4, -0.2) is 16.7 Å². The molecule has 96 valence electrons. The monoisotopic (exact) mass is 245 g/mol. The molecule has 2 aromatic rings. The van der Waals surface area contributed by atoms with Crippen LogP contribution in [0.1, 0.15) is 16.8 Å². The number of nitrogens with two attached hydrogens (primary N) is 1. The molecule has 2 rings (SSSR count). The van der Waals surface area contributed by atoms with Crippen molar-refractivity contribution in [2.45, 2.75) is 20.8 Å². The molecule has 1 aromatic heterocycles. The Morgan fingerprint density at radius 2 is 1.89 bits per heavy atom. The van der Waals surface area contributed by atoms with E-state index in [0.717, 1.165) is 28.3 Å². The predicted molar refractivity (Wildman–Crippen MR) is 73.8 cm³/mol. The van der Waals surface area contributed by atoms with Gasteiger partial charge in [0, 0.05) is 18.3 Å². The number of nitrogen functional groups attached to an aromatic ring is 1. The van der Waals surface area contributed by atoms with E-state index in [4.69, 9.17) is 10.5 Å². The topological polar surface area (TPSA) is 53.1 Å². The predicted octanol–water partition coefficient (Wildman–Crippen LogP) is 2.60. The fraction of sp³-hybridized carbons (Fsp3) is 0.357. The SMILES string of the molecule is COc1c(C)cc(C)cc1-c1nc(N)n(C)c1C. The Kier molecular flexibility index (Phi) is 3.03. The Morgan fingerprint density at radius 1 is 1.22 bits per heavy atom. The van der Waals surface area contributed by atoms with Gasteiger partial charge in [-0.1, -0.05) is 6.07 Å². The second kappa shape index (κ2) is 4.37. The van der Waals surface area contributed by atoms with Crippen LogP contribution >= 0.6 is 0 Å². The molecule has 0 radical (unpaired) electrons. The molecule has 4 heteroatoms. The number of imidazole rings is 1. The van der Waals surface area contributed by atoms with E-state index in [1.165, 1.54) is 5.56 Å². The van der Waals surface area contributed by atoms with Crippen LogP contribution in [0, 0.1) is 20.8 Å². The number of anilines is 1. The van der Waals surface area contributed by atoms with E-state index in [9.17, 15) is 0 Å². The van der Waals surface area contributed by atoms with Crippen molar-refractivity contribution in [1.82, 2.24) is 9.55 Å². The molecule has 0 bridgehead atoms. The van der Waals surface area contributed by atoms with Gasteiger partial charge >= 0.3 is 0 Å². The summed E-state index contributed by atoms with van der Waals surface area (Å²) in [5.74, 6) is 1.38. The van der Waals surface area contributed by atoms with Crippen molar-refractivity contribution in [2.24, 2.45) is 7.05 Å². The Labute approximate surface area is 107 Å². The van der Waals surface area contributed by atoms with Crippen molar-refractivity contribution in [3.8, 4) is 17.0 Å². The maximum Gasteiger partial charge on any atom is 0.200 e. The molecular formula is C14H19N3O. The van der Waals surface area contributed by atoms with Crippen LogP contribution in [0.25, 0.3) is 11.3 Å². The fourth-order valence-corrected chi connectivity index (χ4v) is 2.26. The molecule has 0 amide bonds. The minimum atomic E-state index is 0.517. The average Bonchev–Trinajstić information content (AvgIpc) is 2.56. The first-order chi connectivity index (χ1) is 8.45. The van der Waals surface area contributed by atoms with Gasteiger partial charge in [-0.3, -0.25) is 0 Å². The lowest BCUT2D eigenvalue weighted by atomic mass is 10.0. The Balaban J connectivity index is 2.73. The van der Waals surface area contributed by atoms with Crippen LogP contribution in [0.3, 0.4) is 0 Å². The average molecular weight is 245 g/mol. The van der Waals surface area contributed by atoms with Gasteiger partial charge in [0.25, 0.3) is 0 Å². The van der Waals surface area contributed by atoms with Gasteiger partial charge in [0.05, 0.1) is 12.8 Å². The summed E-state index contributed by atoms with van der Waals surface area (Å²) < 4.78 is 7.38. The summed E-state index contributed by atoms with van der Waals surface area (Å²) in [7, 11) is 3.60. The van der Waals surface area contributed by atoms with Crippen molar-refractivity contribution in [3.63, 3.8) is 0 Å². The van der Waals surface area contributed by atoms with E-state index >= 15 is 0 Å². The number of aromatic nitrogens is 2. The lowest BCUT2D eigenvalue weighted by Gasteiger charge is -2.12. The highest BCUT2D eigenvalue weighted by Crippen LogP contribution is 2.35. The number of benzene rings is 1. The summed E-state index contributed by atoms with van der Waals surface area (Å²) >= 11 is 0. The maximum absolute atomic E-state index is 5.86. The molecular weight excluding hydrogens is 226 g/mol. The molecule has 4 nitrogen and oxygen atoms in total. The molecule has 0 saturated heterocycles. The summed E-state index contributed by atoms with van der Waals surface area (Å²) in [5.41, 5.74) is 11.1.